The van der Waals surface area contributed by atoms with E-state index in [-0.39, 0.29) is 0 Å². The molecule has 0 radical (unpaired) electrons. The van der Waals surface area contributed by atoms with Gasteiger partial charge in [0.2, 0.25) is 0 Å². The normalized spacial score (nSPS) is 19.3. The van der Waals surface area contributed by atoms with Gasteiger partial charge in [0, 0.05) is 12.6 Å². The van der Waals surface area contributed by atoms with E-state index < -0.39 is 17.8 Å². The van der Waals surface area contributed by atoms with Crippen molar-refractivity contribution in [3.05, 3.63) is 29.3 Å². The number of ether oxygens (including phenoxy) is 2. The molecular formula is C13H14N2O3. The molecule has 2 rings (SSSR count). The number of fused-ring (bicyclic) bond motifs is 1. The zero-order valence-corrected chi connectivity index (χ0v) is 10.5. The Hall–Kier alpha value is -2.22. The predicted molar refractivity (Wildman–Crippen MR) is 64.1 cm³/mol. The van der Waals surface area contributed by atoms with Crippen molar-refractivity contribution < 1.29 is 14.3 Å². The topological polar surface area (TPSA) is 71.3 Å². The fourth-order valence-electron chi connectivity index (χ4n) is 1.92. The second-order valence-corrected chi connectivity index (χ2v) is 4.65. The summed E-state index contributed by atoms with van der Waals surface area (Å²) in [6.07, 6.45) is -1.23. The highest BCUT2D eigenvalue weighted by molar-refractivity contribution is 5.67. The quantitative estimate of drug-likeness (QED) is 0.821. The Morgan fingerprint density at radius 3 is 2.89 bits per heavy atom. The first-order valence-electron chi connectivity index (χ1n) is 5.58. The molecule has 0 saturated heterocycles. The number of hydrogen-bond acceptors (Lipinski definition) is 4. The van der Waals surface area contributed by atoms with E-state index in [0.29, 0.717) is 11.3 Å². The summed E-state index contributed by atoms with van der Waals surface area (Å²) in [6.45, 7) is 3.82. The van der Waals surface area contributed by atoms with Crippen molar-refractivity contribution in [2.45, 2.75) is 25.6 Å². The number of nitrogens with zero attached hydrogens (tertiary/aromatic N) is 1. The molecule has 1 aromatic carbocycles. The summed E-state index contributed by atoms with van der Waals surface area (Å²) >= 11 is 0. The minimum atomic E-state index is -0.693. The van der Waals surface area contributed by atoms with Gasteiger partial charge in [-0.2, -0.15) is 5.26 Å². The molecular weight excluding hydrogens is 232 g/mol. The number of rotatable bonds is 1. The Labute approximate surface area is 105 Å². The Morgan fingerprint density at radius 1 is 1.56 bits per heavy atom. The number of benzene rings is 1. The van der Waals surface area contributed by atoms with Crippen LogP contribution >= 0.6 is 0 Å². The highest BCUT2D eigenvalue weighted by Crippen LogP contribution is 2.43. The highest BCUT2D eigenvalue weighted by atomic mass is 16.7. The maximum Gasteiger partial charge on any atom is 0.409 e. The van der Waals surface area contributed by atoms with E-state index in [1.165, 1.54) is 7.05 Å². The van der Waals surface area contributed by atoms with Crippen LogP contribution in [0.4, 0.5) is 4.79 Å². The molecule has 5 nitrogen and oxygen atoms in total. The van der Waals surface area contributed by atoms with E-state index >= 15 is 0 Å². The number of carbonyl (C=O) groups excluding carboxylic acids is 1. The van der Waals surface area contributed by atoms with E-state index in [1.807, 2.05) is 13.8 Å². The van der Waals surface area contributed by atoms with Crippen LogP contribution in [0.1, 0.15) is 25.0 Å². The monoisotopic (exact) mass is 246 g/mol. The molecule has 5 heteroatoms. The van der Waals surface area contributed by atoms with Crippen LogP contribution in [0.3, 0.4) is 0 Å². The molecule has 1 N–H and O–H groups in total. The molecule has 0 saturated carbocycles. The molecule has 1 unspecified atom stereocenters. The van der Waals surface area contributed by atoms with Gasteiger partial charge in [0.15, 0.2) is 0 Å². The number of nitrogens with one attached hydrogen (secondary N) is 1. The predicted octanol–water partition coefficient (Wildman–Crippen LogP) is 1.91. The van der Waals surface area contributed by atoms with Gasteiger partial charge in [-0.05, 0) is 32.0 Å². The van der Waals surface area contributed by atoms with E-state index in [9.17, 15) is 4.79 Å². The lowest BCUT2D eigenvalue weighted by molar-refractivity contribution is -0.0558. The van der Waals surface area contributed by atoms with Crippen LogP contribution in [-0.4, -0.2) is 19.4 Å². The molecule has 0 fully saturated rings. The van der Waals surface area contributed by atoms with E-state index in [1.54, 1.807) is 18.2 Å². The van der Waals surface area contributed by atoms with Crippen molar-refractivity contribution in [2.24, 2.45) is 0 Å². The first-order chi connectivity index (χ1) is 8.48. The summed E-state index contributed by atoms with van der Waals surface area (Å²) in [5.41, 5.74) is 0.941. The molecule has 94 valence electrons. The second-order valence-electron chi connectivity index (χ2n) is 4.65. The third-order valence-electron chi connectivity index (χ3n) is 3.04. The van der Waals surface area contributed by atoms with E-state index in [4.69, 9.17) is 14.7 Å². The Balaban J connectivity index is 2.33. The Morgan fingerprint density at radius 2 is 2.28 bits per heavy atom. The molecule has 0 bridgehead atoms. The van der Waals surface area contributed by atoms with Crippen LogP contribution in [0.2, 0.25) is 0 Å². The minimum Gasteiger partial charge on any atom is -0.453 e. The maximum absolute atomic E-state index is 11.3. The summed E-state index contributed by atoms with van der Waals surface area (Å²) in [7, 11) is 1.49. The summed E-state index contributed by atoms with van der Waals surface area (Å²) < 4.78 is 10.8. The molecule has 1 aliphatic heterocycles. The smallest absolute Gasteiger partial charge is 0.409 e. The molecule has 0 aliphatic carbocycles. The lowest BCUT2D eigenvalue weighted by atomic mass is 9.85. The summed E-state index contributed by atoms with van der Waals surface area (Å²) in [6, 6.07) is 7.25. The number of nitriles is 1. The van der Waals surface area contributed by atoms with Crippen molar-refractivity contribution in [1.82, 2.24) is 5.32 Å². The first kappa shape index (κ1) is 12.2. The van der Waals surface area contributed by atoms with Crippen molar-refractivity contribution in [3.8, 4) is 11.8 Å². The van der Waals surface area contributed by atoms with Crippen molar-refractivity contribution >= 4 is 6.09 Å². The highest BCUT2D eigenvalue weighted by Gasteiger charge is 2.44. The maximum atomic E-state index is 11.3. The first-order valence-corrected chi connectivity index (χ1v) is 5.58. The molecule has 1 aromatic rings. The summed E-state index contributed by atoms with van der Waals surface area (Å²) in [4.78, 5) is 11.3. The lowest BCUT2D eigenvalue weighted by Crippen LogP contribution is -2.38. The largest absolute Gasteiger partial charge is 0.453 e. The summed E-state index contributed by atoms with van der Waals surface area (Å²) in [5, 5.41) is 11.3. The van der Waals surface area contributed by atoms with Crippen LogP contribution in [0.25, 0.3) is 0 Å². The molecule has 1 aliphatic rings. The Kier molecular flexibility index (Phi) is 2.87. The van der Waals surface area contributed by atoms with Gasteiger partial charge in [0.05, 0.1) is 17.0 Å². The fraction of sp³-hybridized carbons (Fsp3) is 0.385. The van der Waals surface area contributed by atoms with Gasteiger partial charge in [-0.15, -0.1) is 0 Å². The minimum absolute atomic E-state index is 0.491. The van der Waals surface area contributed by atoms with Gasteiger partial charge in [-0.1, -0.05) is 0 Å². The van der Waals surface area contributed by atoms with Crippen molar-refractivity contribution in [3.63, 3.8) is 0 Å². The fourth-order valence-corrected chi connectivity index (χ4v) is 1.92. The van der Waals surface area contributed by atoms with Crippen LogP contribution < -0.4 is 10.1 Å². The molecule has 1 amide bonds. The van der Waals surface area contributed by atoms with Crippen LogP contribution in [-0.2, 0) is 10.2 Å². The molecule has 0 aromatic heterocycles. The zero-order chi connectivity index (χ0) is 13.3. The van der Waals surface area contributed by atoms with Crippen molar-refractivity contribution in [1.29, 1.82) is 5.26 Å². The van der Waals surface area contributed by atoms with Crippen LogP contribution in [0, 0.1) is 11.3 Å². The Bertz CT molecular complexity index is 532. The summed E-state index contributed by atoms with van der Waals surface area (Å²) in [5.74, 6) is 0.646. The van der Waals surface area contributed by atoms with Crippen LogP contribution in [0.5, 0.6) is 5.75 Å². The average molecular weight is 246 g/mol. The number of hydrogen-bond donors (Lipinski definition) is 1. The molecule has 18 heavy (non-hydrogen) atoms. The number of amides is 1. The van der Waals surface area contributed by atoms with Gasteiger partial charge < -0.3 is 14.8 Å². The van der Waals surface area contributed by atoms with Crippen molar-refractivity contribution in [2.75, 3.05) is 7.05 Å². The SMILES string of the molecule is CNC(=O)OC1Oc2ccc(C#N)cc2C1(C)C. The second kappa shape index (κ2) is 4.22. The van der Waals surface area contributed by atoms with Crippen LogP contribution in [0.15, 0.2) is 18.2 Å². The molecule has 1 atom stereocenters. The van der Waals surface area contributed by atoms with E-state index in [2.05, 4.69) is 11.4 Å². The standard InChI is InChI=1S/C13H14N2O3/c1-13(2)9-6-8(7-14)4-5-10(9)17-11(13)18-12(16)15-3/h4-6,11H,1-3H3,(H,15,16). The van der Waals surface area contributed by atoms with Gasteiger partial charge in [-0.3, -0.25) is 0 Å². The third kappa shape index (κ3) is 1.86. The number of carbonyl (C=O) groups is 1. The third-order valence-corrected chi connectivity index (χ3v) is 3.04. The molecule has 0 spiro atoms. The van der Waals surface area contributed by atoms with Gasteiger partial charge in [0.25, 0.3) is 6.29 Å². The number of alkyl carbamates (subject to hydrolysis) is 1. The van der Waals surface area contributed by atoms with E-state index in [0.717, 1.165) is 5.56 Å². The molecule has 1 heterocycles. The van der Waals surface area contributed by atoms with Gasteiger partial charge >= 0.3 is 6.09 Å². The lowest BCUT2D eigenvalue weighted by Gasteiger charge is -2.24. The van der Waals surface area contributed by atoms with Gasteiger partial charge in [0.1, 0.15) is 5.75 Å². The average Bonchev–Trinajstić information content (AvgIpc) is 2.61. The van der Waals surface area contributed by atoms with Gasteiger partial charge in [-0.25, -0.2) is 4.79 Å². The zero-order valence-electron chi connectivity index (χ0n) is 10.5.